The molecule has 1 aliphatic heterocycles. The van der Waals surface area contributed by atoms with Gasteiger partial charge in [0.05, 0.1) is 26.6 Å². The number of ether oxygens (including phenoxy) is 1. The fourth-order valence-corrected chi connectivity index (χ4v) is 5.41. The summed E-state index contributed by atoms with van der Waals surface area (Å²) in [6.07, 6.45) is 1.45. The molecule has 0 saturated carbocycles. The van der Waals surface area contributed by atoms with Gasteiger partial charge in [0.2, 0.25) is 9.84 Å². The average Bonchev–Trinajstić information content (AvgIpc) is 3.26. The number of nitrogens with one attached hydrogen (secondary N) is 3. The first-order valence-electron chi connectivity index (χ1n) is 11.3. The molecule has 3 aromatic carbocycles. The second kappa shape index (κ2) is 9.67. The molecule has 8 nitrogen and oxygen atoms in total. The number of carbonyl (C=O) groups excluding carboxylic acids is 1. The molecule has 1 aromatic heterocycles. The van der Waals surface area contributed by atoms with Crippen molar-refractivity contribution in [1.82, 2.24) is 10.2 Å². The minimum atomic E-state index is -4.01. The fourth-order valence-electron chi connectivity index (χ4n) is 4.10. The Morgan fingerprint density at radius 3 is 2.50 bits per heavy atom. The lowest BCUT2D eigenvalue weighted by atomic mass is 10.1. The number of aromatic amines is 1. The van der Waals surface area contributed by atoms with Crippen LogP contribution in [0, 0.1) is 11.6 Å². The van der Waals surface area contributed by atoms with Gasteiger partial charge in [0, 0.05) is 24.6 Å². The maximum atomic E-state index is 14.0. The molecule has 0 radical (unpaired) electrons. The molecular weight excluding hydrogens is 490 g/mol. The maximum Gasteiger partial charge on any atom is 0.258 e. The Balaban J connectivity index is 1.45. The van der Waals surface area contributed by atoms with E-state index >= 15 is 0 Å². The minimum absolute atomic E-state index is 0.0360. The molecule has 2 heterocycles. The van der Waals surface area contributed by atoms with Gasteiger partial charge in [-0.05, 0) is 67.4 Å². The van der Waals surface area contributed by atoms with Gasteiger partial charge in [0.1, 0.15) is 11.6 Å². The summed E-state index contributed by atoms with van der Waals surface area (Å²) in [6, 6.07) is 12.8. The lowest BCUT2D eigenvalue weighted by Gasteiger charge is -2.25. The molecule has 1 aliphatic rings. The molecule has 1 amide bonds. The van der Waals surface area contributed by atoms with E-state index in [4.69, 9.17) is 4.74 Å². The maximum absolute atomic E-state index is 14.0. The number of halogens is 2. The molecule has 0 aliphatic carbocycles. The molecule has 0 bridgehead atoms. The van der Waals surface area contributed by atoms with Crippen molar-refractivity contribution in [3.63, 3.8) is 0 Å². The van der Waals surface area contributed by atoms with E-state index < -0.39 is 27.4 Å². The molecule has 4 aromatic rings. The summed E-state index contributed by atoms with van der Waals surface area (Å²) < 4.78 is 59.0. The minimum Gasteiger partial charge on any atom is -0.381 e. The molecule has 11 heteroatoms. The number of benzene rings is 3. The molecule has 3 N–H and O–H groups in total. The third-order valence-corrected chi connectivity index (χ3v) is 7.74. The van der Waals surface area contributed by atoms with Crippen LogP contribution < -0.4 is 10.6 Å². The van der Waals surface area contributed by atoms with E-state index in [0.29, 0.717) is 29.8 Å². The van der Waals surface area contributed by atoms with Gasteiger partial charge < -0.3 is 15.4 Å². The second-order valence-electron chi connectivity index (χ2n) is 8.42. The zero-order valence-electron chi connectivity index (χ0n) is 18.9. The predicted octanol–water partition coefficient (Wildman–Crippen LogP) is 4.52. The number of hydrogen-bond acceptors (Lipinski definition) is 6. The van der Waals surface area contributed by atoms with Crippen LogP contribution in [0.2, 0.25) is 0 Å². The monoisotopic (exact) mass is 512 g/mol. The Morgan fingerprint density at radius 1 is 0.972 bits per heavy atom. The SMILES string of the molecule is O=C(Nc1n[nH]c2ccc(S(=O)(=O)c3cccc(F)c3)cc12)c1ccc(F)cc1NC1CCOCC1. The van der Waals surface area contributed by atoms with Gasteiger partial charge in [-0.1, -0.05) is 6.07 Å². The fraction of sp³-hybridized carbons (Fsp3) is 0.200. The molecule has 36 heavy (non-hydrogen) atoms. The highest BCUT2D eigenvalue weighted by atomic mass is 32.2. The Morgan fingerprint density at radius 2 is 1.72 bits per heavy atom. The largest absolute Gasteiger partial charge is 0.381 e. The molecule has 0 atom stereocenters. The Kier molecular flexibility index (Phi) is 6.42. The average molecular weight is 513 g/mol. The van der Waals surface area contributed by atoms with Gasteiger partial charge in [0.25, 0.3) is 5.91 Å². The number of H-pyrrole nitrogens is 1. The summed E-state index contributed by atoms with van der Waals surface area (Å²) in [5, 5.41) is 13.1. The number of rotatable bonds is 6. The number of nitrogens with zero attached hydrogens (tertiary/aromatic N) is 1. The first-order valence-corrected chi connectivity index (χ1v) is 12.7. The van der Waals surface area contributed by atoms with Gasteiger partial charge in [0.15, 0.2) is 5.82 Å². The van der Waals surface area contributed by atoms with Crippen LogP contribution in [0.25, 0.3) is 10.9 Å². The quantitative estimate of drug-likeness (QED) is 0.350. The van der Waals surface area contributed by atoms with E-state index in [-0.39, 0.29) is 27.2 Å². The van der Waals surface area contributed by atoms with E-state index in [1.54, 1.807) is 0 Å². The molecule has 1 fully saturated rings. The van der Waals surface area contributed by atoms with Crippen LogP contribution in [0.15, 0.2) is 70.5 Å². The van der Waals surface area contributed by atoms with Crippen molar-refractivity contribution in [1.29, 1.82) is 0 Å². The van der Waals surface area contributed by atoms with Crippen molar-refractivity contribution in [2.45, 2.75) is 28.7 Å². The number of fused-ring (bicyclic) bond motifs is 1. The normalized spacial score (nSPS) is 14.6. The van der Waals surface area contributed by atoms with Gasteiger partial charge in [-0.25, -0.2) is 17.2 Å². The number of carbonyl (C=O) groups is 1. The lowest BCUT2D eigenvalue weighted by molar-refractivity contribution is 0.0904. The van der Waals surface area contributed by atoms with Crippen LogP contribution in [0.3, 0.4) is 0 Å². The summed E-state index contributed by atoms with van der Waals surface area (Å²) in [5.41, 5.74) is 1.04. The van der Waals surface area contributed by atoms with E-state index in [2.05, 4.69) is 20.8 Å². The molecule has 186 valence electrons. The summed E-state index contributed by atoms with van der Waals surface area (Å²) in [5.74, 6) is -1.60. The third-order valence-electron chi connectivity index (χ3n) is 5.99. The Bertz CT molecular complexity index is 1550. The Hall–Kier alpha value is -3.83. The van der Waals surface area contributed by atoms with Crippen LogP contribution in [-0.2, 0) is 14.6 Å². The van der Waals surface area contributed by atoms with Crippen molar-refractivity contribution < 1.29 is 26.7 Å². The van der Waals surface area contributed by atoms with Gasteiger partial charge >= 0.3 is 0 Å². The van der Waals surface area contributed by atoms with Gasteiger partial charge in [-0.3, -0.25) is 9.89 Å². The molecule has 0 spiro atoms. The summed E-state index contributed by atoms with van der Waals surface area (Å²) in [4.78, 5) is 12.9. The smallest absolute Gasteiger partial charge is 0.258 e. The van der Waals surface area contributed by atoms with E-state index in [1.165, 1.54) is 48.5 Å². The molecular formula is C25H22F2N4O4S. The number of sulfone groups is 1. The highest BCUT2D eigenvalue weighted by Crippen LogP contribution is 2.29. The highest BCUT2D eigenvalue weighted by molar-refractivity contribution is 7.91. The summed E-state index contributed by atoms with van der Waals surface area (Å²) in [7, 11) is -4.01. The summed E-state index contributed by atoms with van der Waals surface area (Å²) in [6.45, 7) is 1.16. The number of hydrogen-bond donors (Lipinski definition) is 3. The third kappa shape index (κ3) is 4.79. The van der Waals surface area contributed by atoms with E-state index in [1.807, 2.05) is 0 Å². The van der Waals surface area contributed by atoms with Crippen LogP contribution in [0.4, 0.5) is 20.3 Å². The lowest BCUT2D eigenvalue weighted by Crippen LogP contribution is -2.29. The van der Waals surface area contributed by atoms with Crippen molar-refractivity contribution in [2.24, 2.45) is 0 Å². The van der Waals surface area contributed by atoms with Crippen LogP contribution >= 0.6 is 0 Å². The van der Waals surface area contributed by atoms with Crippen molar-refractivity contribution in [2.75, 3.05) is 23.8 Å². The van der Waals surface area contributed by atoms with Crippen molar-refractivity contribution >= 4 is 38.2 Å². The van der Waals surface area contributed by atoms with Crippen LogP contribution in [0.1, 0.15) is 23.2 Å². The number of amides is 1. The van der Waals surface area contributed by atoms with Crippen LogP contribution in [-0.4, -0.2) is 43.8 Å². The van der Waals surface area contributed by atoms with E-state index in [9.17, 15) is 22.0 Å². The van der Waals surface area contributed by atoms with E-state index in [0.717, 1.165) is 25.0 Å². The molecule has 1 saturated heterocycles. The first kappa shape index (κ1) is 23.9. The number of anilines is 2. The zero-order valence-corrected chi connectivity index (χ0v) is 19.7. The first-order chi connectivity index (χ1) is 17.3. The standard InChI is InChI=1S/C25H22F2N4O4S/c26-15-2-1-3-18(12-15)36(33,34)19-5-7-22-21(14-19)24(31-30-22)29-25(32)20-6-4-16(27)13-23(20)28-17-8-10-35-11-9-17/h1-7,12-14,17,28H,8-11H2,(H2,29,30,31,32). The molecule has 0 unspecified atom stereocenters. The topological polar surface area (TPSA) is 113 Å². The van der Waals surface area contributed by atoms with Gasteiger partial charge in [-0.15, -0.1) is 0 Å². The number of aromatic nitrogens is 2. The Labute approximate surface area is 205 Å². The predicted molar refractivity (Wildman–Crippen MR) is 130 cm³/mol. The molecule has 5 rings (SSSR count). The second-order valence-corrected chi connectivity index (χ2v) is 10.4. The highest BCUT2D eigenvalue weighted by Gasteiger charge is 2.22. The van der Waals surface area contributed by atoms with Crippen LogP contribution in [0.5, 0.6) is 0 Å². The zero-order chi connectivity index (χ0) is 25.3. The van der Waals surface area contributed by atoms with Gasteiger partial charge in [-0.2, -0.15) is 5.10 Å². The van der Waals surface area contributed by atoms with Crippen molar-refractivity contribution in [3.8, 4) is 0 Å². The summed E-state index contributed by atoms with van der Waals surface area (Å²) >= 11 is 0. The van der Waals surface area contributed by atoms with Crippen molar-refractivity contribution in [3.05, 3.63) is 77.9 Å².